The van der Waals surface area contributed by atoms with E-state index in [1.165, 1.54) is 21.3 Å². The van der Waals surface area contributed by atoms with Crippen LogP contribution in [0.15, 0.2) is 59.0 Å². The van der Waals surface area contributed by atoms with Crippen LogP contribution in [-0.2, 0) is 16.1 Å². The molecule has 1 aliphatic rings. The lowest BCUT2D eigenvalue weighted by Crippen LogP contribution is -2.35. The van der Waals surface area contributed by atoms with Crippen molar-refractivity contribution in [3.63, 3.8) is 0 Å². The molecule has 0 saturated carbocycles. The van der Waals surface area contributed by atoms with Crippen LogP contribution in [0.1, 0.15) is 35.2 Å². The quantitative estimate of drug-likeness (QED) is 0.458. The minimum absolute atomic E-state index is 0.0116. The minimum atomic E-state index is -0.926. The standard InChI is InChI=1S/C27H29N3O7/c1-6-36-27(32)23-21(17-11-19(33-3)24(35-5)20(12-17)34-4)22-18(37-25(23)28)10-15(2)30(26(22)31)14-16-8-7-9-29-13-16/h7-13,21H,6,14,28H2,1-5H3/t21-/m0/s1. The van der Waals surface area contributed by atoms with Crippen LogP contribution < -0.4 is 30.2 Å². The number of hydrogen-bond donors (Lipinski definition) is 1. The highest BCUT2D eigenvalue weighted by atomic mass is 16.5. The molecule has 2 N–H and O–H groups in total. The van der Waals surface area contributed by atoms with Crippen molar-refractivity contribution < 1.29 is 28.5 Å². The molecule has 4 rings (SSSR count). The Morgan fingerprint density at radius 3 is 2.41 bits per heavy atom. The summed E-state index contributed by atoms with van der Waals surface area (Å²) in [6.07, 6.45) is 3.36. The number of esters is 1. The maximum atomic E-state index is 14.0. The van der Waals surface area contributed by atoms with Crippen LogP contribution in [0.4, 0.5) is 0 Å². The maximum absolute atomic E-state index is 14.0. The summed E-state index contributed by atoms with van der Waals surface area (Å²) in [5.41, 5.74) is 8.18. The SMILES string of the molecule is CCOC(=O)C1=C(N)Oc2cc(C)n(Cc3cccnc3)c(=O)c2[C@@H]1c1cc(OC)c(OC)c(OC)c1. The van der Waals surface area contributed by atoms with Crippen LogP contribution in [0.3, 0.4) is 0 Å². The van der Waals surface area contributed by atoms with Gasteiger partial charge in [0.15, 0.2) is 11.5 Å². The molecule has 0 saturated heterocycles. The first-order valence-corrected chi connectivity index (χ1v) is 11.6. The number of fused-ring (bicyclic) bond motifs is 1. The van der Waals surface area contributed by atoms with Crippen LogP contribution in [0.5, 0.6) is 23.0 Å². The highest BCUT2D eigenvalue weighted by molar-refractivity contribution is 5.92. The van der Waals surface area contributed by atoms with Gasteiger partial charge in [-0.15, -0.1) is 0 Å². The lowest BCUT2D eigenvalue weighted by Gasteiger charge is -2.29. The average molecular weight is 508 g/mol. The van der Waals surface area contributed by atoms with Gasteiger partial charge < -0.3 is 34.0 Å². The average Bonchev–Trinajstić information content (AvgIpc) is 2.90. The molecule has 0 aliphatic carbocycles. The molecule has 10 heteroatoms. The van der Waals surface area contributed by atoms with Crippen LogP contribution in [-0.4, -0.2) is 43.5 Å². The molecule has 0 spiro atoms. The van der Waals surface area contributed by atoms with E-state index >= 15 is 0 Å². The van der Waals surface area contributed by atoms with Gasteiger partial charge in [-0.3, -0.25) is 9.78 Å². The number of carbonyl (C=O) groups excluding carboxylic acids is 1. The van der Waals surface area contributed by atoms with Crippen LogP contribution in [0, 0.1) is 6.92 Å². The smallest absolute Gasteiger partial charge is 0.340 e. The van der Waals surface area contributed by atoms with Gasteiger partial charge in [0, 0.05) is 24.2 Å². The van der Waals surface area contributed by atoms with Gasteiger partial charge in [-0.25, -0.2) is 4.79 Å². The van der Waals surface area contributed by atoms with Crippen molar-refractivity contribution in [2.24, 2.45) is 5.73 Å². The number of carbonyl (C=O) groups is 1. The van der Waals surface area contributed by atoms with E-state index in [1.54, 1.807) is 55.1 Å². The van der Waals surface area contributed by atoms with Gasteiger partial charge in [0.1, 0.15) is 11.3 Å². The maximum Gasteiger partial charge on any atom is 0.340 e. The summed E-state index contributed by atoms with van der Waals surface area (Å²) in [7, 11) is 4.46. The molecule has 194 valence electrons. The van der Waals surface area contributed by atoms with Crippen molar-refractivity contribution in [2.45, 2.75) is 26.3 Å². The fourth-order valence-electron chi connectivity index (χ4n) is 4.47. The Kier molecular flexibility index (Phi) is 7.37. The normalized spacial score (nSPS) is 14.5. The summed E-state index contributed by atoms with van der Waals surface area (Å²) in [5, 5.41) is 0. The van der Waals surface area contributed by atoms with E-state index in [-0.39, 0.29) is 41.5 Å². The molecular formula is C27H29N3O7. The van der Waals surface area contributed by atoms with Gasteiger partial charge in [0.2, 0.25) is 11.6 Å². The number of ether oxygens (including phenoxy) is 5. The number of aromatic nitrogens is 2. The van der Waals surface area contributed by atoms with E-state index in [1.807, 2.05) is 6.07 Å². The largest absolute Gasteiger partial charge is 0.493 e. The van der Waals surface area contributed by atoms with Gasteiger partial charge in [0.25, 0.3) is 5.56 Å². The third-order valence-corrected chi connectivity index (χ3v) is 6.15. The topological polar surface area (TPSA) is 124 Å². The van der Waals surface area contributed by atoms with E-state index in [9.17, 15) is 9.59 Å². The molecule has 1 aliphatic heterocycles. The zero-order valence-electron chi connectivity index (χ0n) is 21.4. The number of methoxy groups -OCH3 is 3. The molecule has 37 heavy (non-hydrogen) atoms. The monoisotopic (exact) mass is 507 g/mol. The third kappa shape index (κ3) is 4.69. The highest BCUT2D eigenvalue weighted by Crippen LogP contribution is 2.46. The summed E-state index contributed by atoms with van der Waals surface area (Å²) in [5.74, 6) is -0.423. The fraction of sp³-hybridized carbons (Fsp3) is 0.296. The van der Waals surface area contributed by atoms with Crippen molar-refractivity contribution in [1.29, 1.82) is 0 Å². The minimum Gasteiger partial charge on any atom is -0.493 e. The van der Waals surface area contributed by atoms with Crippen molar-refractivity contribution in [2.75, 3.05) is 27.9 Å². The predicted octanol–water partition coefficient (Wildman–Crippen LogP) is 2.88. The molecular weight excluding hydrogens is 478 g/mol. The van der Waals surface area contributed by atoms with Gasteiger partial charge in [-0.05, 0) is 43.2 Å². The number of pyridine rings is 2. The first-order valence-electron chi connectivity index (χ1n) is 11.6. The number of hydrogen-bond acceptors (Lipinski definition) is 9. The molecule has 3 aromatic rings. The molecule has 2 aromatic heterocycles. The number of nitrogens with zero attached hydrogens (tertiary/aromatic N) is 2. The third-order valence-electron chi connectivity index (χ3n) is 6.15. The van der Waals surface area contributed by atoms with Gasteiger partial charge in [0.05, 0.1) is 46.0 Å². The Bertz CT molecular complexity index is 1390. The summed E-state index contributed by atoms with van der Waals surface area (Å²) >= 11 is 0. The Hall–Kier alpha value is -4.47. The molecule has 3 heterocycles. The number of nitrogens with two attached hydrogens (primary N) is 1. The Labute approximate surface area is 214 Å². The Balaban J connectivity index is 2.00. The zero-order valence-corrected chi connectivity index (χ0v) is 21.4. The van der Waals surface area contributed by atoms with E-state index in [0.717, 1.165) is 5.56 Å². The number of rotatable bonds is 8. The van der Waals surface area contributed by atoms with E-state index in [4.69, 9.17) is 29.4 Å². The van der Waals surface area contributed by atoms with E-state index < -0.39 is 11.9 Å². The summed E-state index contributed by atoms with van der Waals surface area (Å²) in [6.45, 7) is 3.88. The van der Waals surface area contributed by atoms with Crippen LogP contribution in [0.2, 0.25) is 0 Å². The second-order valence-corrected chi connectivity index (χ2v) is 8.31. The first kappa shape index (κ1) is 25.6. The second-order valence-electron chi connectivity index (χ2n) is 8.31. The predicted molar refractivity (Wildman–Crippen MR) is 135 cm³/mol. The zero-order chi connectivity index (χ0) is 26.7. The van der Waals surface area contributed by atoms with Gasteiger partial charge in [-0.1, -0.05) is 6.07 Å². The molecule has 0 fully saturated rings. The Morgan fingerprint density at radius 2 is 1.84 bits per heavy atom. The van der Waals surface area contributed by atoms with E-state index in [2.05, 4.69) is 4.98 Å². The van der Waals surface area contributed by atoms with Gasteiger partial charge >= 0.3 is 5.97 Å². The number of aryl methyl sites for hydroxylation is 1. The van der Waals surface area contributed by atoms with Crippen molar-refractivity contribution in [3.8, 4) is 23.0 Å². The second kappa shape index (κ2) is 10.7. The molecule has 0 bridgehead atoms. The summed E-state index contributed by atoms with van der Waals surface area (Å²) < 4.78 is 29.3. The lowest BCUT2D eigenvalue weighted by atomic mass is 9.83. The molecule has 1 atom stereocenters. The highest BCUT2D eigenvalue weighted by Gasteiger charge is 2.39. The van der Waals surface area contributed by atoms with Crippen molar-refractivity contribution >= 4 is 5.97 Å². The van der Waals surface area contributed by atoms with Crippen LogP contribution >= 0.6 is 0 Å². The molecule has 10 nitrogen and oxygen atoms in total. The molecule has 0 unspecified atom stereocenters. The van der Waals surface area contributed by atoms with Gasteiger partial charge in [-0.2, -0.15) is 0 Å². The van der Waals surface area contributed by atoms with E-state index in [0.29, 0.717) is 28.5 Å². The van der Waals surface area contributed by atoms with Crippen LogP contribution in [0.25, 0.3) is 0 Å². The number of benzene rings is 1. The lowest BCUT2D eigenvalue weighted by molar-refractivity contribution is -0.139. The molecule has 0 amide bonds. The van der Waals surface area contributed by atoms with Crippen molar-refractivity contribution in [1.82, 2.24) is 9.55 Å². The Morgan fingerprint density at radius 1 is 1.14 bits per heavy atom. The van der Waals surface area contributed by atoms with Crippen molar-refractivity contribution in [3.05, 3.63) is 86.9 Å². The summed E-state index contributed by atoms with van der Waals surface area (Å²) in [6, 6.07) is 8.77. The molecule has 1 aromatic carbocycles. The molecule has 0 radical (unpaired) electrons. The summed E-state index contributed by atoms with van der Waals surface area (Å²) in [4.78, 5) is 31.3. The first-order chi connectivity index (χ1) is 17.8. The fourth-order valence-corrected chi connectivity index (χ4v) is 4.47.